The van der Waals surface area contributed by atoms with Crippen LogP contribution in [0.2, 0.25) is 0 Å². The van der Waals surface area contributed by atoms with E-state index in [4.69, 9.17) is 4.98 Å². The lowest BCUT2D eigenvalue weighted by Gasteiger charge is -2.35. The second-order valence-electron chi connectivity index (χ2n) is 7.87. The summed E-state index contributed by atoms with van der Waals surface area (Å²) in [5.41, 5.74) is 3.55. The van der Waals surface area contributed by atoms with E-state index < -0.39 is 0 Å². The van der Waals surface area contributed by atoms with Crippen LogP contribution in [0, 0.1) is 6.92 Å². The van der Waals surface area contributed by atoms with E-state index >= 15 is 0 Å². The molecule has 0 unspecified atom stereocenters. The van der Waals surface area contributed by atoms with Crippen LogP contribution in [0.3, 0.4) is 0 Å². The lowest BCUT2D eigenvalue weighted by atomic mass is 10.2. The number of aryl methyl sites for hydroxylation is 1. The molecule has 0 bridgehead atoms. The average Bonchev–Trinajstić information content (AvgIpc) is 3.43. The Kier molecular flexibility index (Phi) is 4.58. The van der Waals surface area contributed by atoms with Crippen molar-refractivity contribution in [2.24, 2.45) is 0 Å². The van der Waals surface area contributed by atoms with E-state index in [2.05, 4.69) is 39.2 Å². The topological polar surface area (TPSA) is 57.0 Å². The summed E-state index contributed by atoms with van der Waals surface area (Å²) in [6, 6.07) is 12.3. The molecule has 29 heavy (non-hydrogen) atoms. The zero-order chi connectivity index (χ0) is 19.8. The summed E-state index contributed by atoms with van der Waals surface area (Å²) < 4.78 is 1.82. The van der Waals surface area contributed by atoms with Crippen LogP contribution in [0.1, 0.15) is 29.0 Å². The van der Waals surface area contributed by atoms with Crippen molar-refractivity contribution in [3.8, 4) is 0 Å². The monoisotopic (exact) mass is 390 g/mol. The number of nitrogens with zero attached hydrogens (tertiary/aromatic N) is 6. The molecule has 2 aromatic heterocycles. The van der Waals surface area contributed by atoms with Crippen LogP contribution < -0.4 is 9.80 Å². The largest absolute Gasteiger partial charge is 0.368 e. The molecule has 7 nitrogen and oxygen atoms in total. The van der Waals surface area contributed by atoms with E-state index in [-0.39, 0.29) is 5.91 Å². The second-order valence-corrected chi connectivity index (χ2v) is 7.87. The Bertz CT molecular complexity index is 1020. The van der Waals surface area contributed by atoms with E-state index in [1.54, 1.807) is 0 Å². The van der Waals surface area contributed by atoms with Gasteiger partial charge in [-0.15, -0.1) is 0 Å². The van der Waals surface area contributed by atoms with Crippen molar-refractivity contribution in [3.63, 3.8) is 0 Å². The maximum absolute atomic E-state index is 13.1. The molecule has 2 aliphatic heterocycles. The van der Waals surface area contributed by atoms with Gasteiger partial charge in [0.05, 0.1) is 11.9 Å². The Labute approximate surface area is 170 Å². The molecule has 3 aromatic rings. The lowest BCUT2D eigenvalue weighted by molar-refractivity contribution is 0.0740. The van der Waals surface area contributed by atoms with Gasteiger partial charge < -0.3 is 14.7 Å². The molecule has 0 saturated carbocycles. The normalized spacial score (nSPS) is 17.3. The standard InChI is InChI=1S/C22H26N6O/c1-17-16-28-20(21(23-17)26-9-5-6-10-26)15-19(24-28)22(29)27-13-11-25(12-14-27)18-7-3-2-4-8-18/h2-4,7-8,15-16H,5-6,9-14H2,1H3. The zero-order valence-electron chi connectivity index (χ0n) is 16.8. The van der Waals surface area contributed by atoms with Gasteiger partial charge in [-0.2, -0.15) is 5.10 Å². The van der Waals surface area contributed by atoms with Gasteiger partial charge in [0.25, 0.3) is 5.91 Å². The van der Waals surface area contributed by atoms with E-state index in [0.717, 1.165) is 43.2 Å². The van der Waals surface area contributed by atoms with Crippen LogP contribution in [0.5, 0.6) is 0 Å². The number of rotatable bonds is 3. The van der Waals surface area contributed by atoms with Crippen LogP contribution >= 0.6 is 0 Å². The minimum absolute atomic E-state index is 0.00596. The average molecular weight is 390 g/mol. The number of hydrogen-bond donors (Lipinski definition) is 0. The molecule has 0 aliphatic carbocycles. The van der Waals surface area contributed by atoms with Gasteiger partial charge in [0.15, 0.2) is 11.5 Å². The summed E-state index contributed by atoms with van der Waals surface area (Å²) >= 11 is 0. The number of anilines is 2. The molecule has 2 fully saturated rings. The summed E-state index contributed by atoms with van der Waals surface area (Å²) in [6.07, 6.45) is 4.28. The van der Waals surface area contributed by atoms with Gasteiger partial charge in [0.1, 0.15) is 5.52 Å². The Hall–Kier alpha value is -3.09. The Balaban J connectivity index is 1.36. The van der Waals surface area contributed by atoms with E-state index in [1.807, 2.05) is 34.7 Å². The van der Waals surface area contributed by atoms with Crippen molar-refractivity contribution in [3.05, 3.63) is 54.0 Å². The van der Waals surface area contributed by atoms with Crippen molar-refractivity contribution in [1.29, 1.82) is 0 Å². The Morgan fingerprint density at radius 2 is 1.66 bits per heavy atom. The van der Waals surface area contributed by atoms with Crippen LogP contribution in [-0.2, 0) is 0 Å². The number of benzene rings is 1. The van der Waals surface area contributed by atoms with Gasteiger partial charge >= 0.3 is 0 Å². The fourth-order valence-electron chi connectivity index (χ4n) is 4.32. The van der Waals surface area contributed by atoms with Crippen LogP contribution in [0.25, 0.3) is 5.52 Å². The molecular weight excluding hydrogens is 364 g/mol. The molecule has 0 radical (unpaired) electrons. The van der Waals surface area contributed by atoms with Crippen molar-refractivity contribution in [2.75, 3.05) is 49.1 Å². The fraction of sp³-hybridized carbons (Fsp3) is 0.409. The number of piperazine rings is 1. The molecule has 4 heterocycles. The SMILES string of the molecule is Cc1cn2nc(C(=O)N3CCN(c4ccccc4)CC3)cc2c(N2CCCC2)n1. The number of carbonyl (C=O) groups excluding carboxylic acids is 1. The number of para-hydroxylation sites is 1. The van der Waals surface area contributed by atoms with E-state index in [9.17, 15) is 4.79 Å². The van der Waals surface area contributed by atoms with Crippen molar-refractivity contribution in [2.45, 2.75) is 19.8 Å². The van der Waals surface area contributed by atoms with Gasteiger partial charge in [-0.05, 0) is 31.9 Å². The Morgan fingerprint density at radius 1 is 0.931 bits per heavy atom. The summed E-state index contributed by atoms with van der Waals surface area (Å²) in [7, 11) is 0. The molecule has 5 rings (SSSR count). The van der Waals surface area contributed by atoms with Crippen molar-refractivity contribution < 1.29 is 4.79 Å². The van der Waals surface area contributed by atoms with E-state index in [0.29, 0.717) is 18.8 Å². The third-order valence-electron chi connectivity index (χ3n) is 5.87. The highest BCUT2D eigenvalue weighted by Crippen LogP contribution is 2.25. The first kappa shape index (κ1) is 18.0. The third-order valence-corrected chi connectivity index (χ3v) is 5.87. The number of amides is 1. The first-order valence-electron chi connectivity index (χ1n) is 10.4. The molecular formula is C22H26N6O. The van der Waals surface area contributed by atoms with Crippen molar-refractivity contribution >= 4 is 22.9 Å². The predicted octanol–water partition coefficient (Wildman–Crippen LogP) is 2.60. The maximum Gasteiger partial charge on any atom is 0.274 e. The molecule has 0 N–H and O–H groups in total. The van der Waals surface area contributed by atoms with Crippen LogP contribution in [-0.4, -0.2) is 64.7 Å². The highest BCUT2D eigenvalue weighted by Gasteiger charge is 2.26. The quantitative estimate of drug-likeness (QED) is 0.688. The molecule has 1 amide bonds. The predicted molar refractivity (Wildman–Crippen MR) is 114 cm³/mol. The number of fused-ring (bicyclic) bond motifs is 1. The van der Waals surface area contributed by atoms with Gasteiger partial charge in [-0.3, -0.25) is 4.79 Å². The fourth-order valence-corrected chi connectivity index (χ4v) is 4.32. The molecule has 150 valence electrons. The molecule has 2 saturated heterocycles. The first-order chi connectivity index (χ1) is 14.2. The number of carbonyl (C=O) groups is 1. The summed E-state index contributed by atoms with van der Waals surface area (Å²) in [5, 5.41) is 4.60. The summed E-state index contributed by atoms with van der Waals surface area (Å²) in [6.45, 7) is 7.09. The third kappa shape index (κ3) is 3.41. The highest BCUT2D eigenvalue weighted by atomic mass is 16.2. The Morgan fingerprint density at radius 3 is 2.38 bits per heavy atom. The number of hydrogen-bond acceptors (Lipinski definition) is 5. The van der Waals surface area contributed by atoms with Gasteiger partial charge in [-0.25, -0.2) is 9.50 Å². The summed E-state index contributed by atoms with van der Waals surface area (Å²) in [5.74, 6) is 0.953. The first-order valence-corrected chi connectivity index (χ1v) is 10.4. The van der Waals surface area contributed by atoms with Crippen molar-refractivity contribution in [1.82, 2.24) is 19.5 Å². The molecule has 0 atom stereocenters. The zero-order valence-corrected chi connectivity index (χ0v) is 16.8. The molecule has 0 spiro atoms. The lowest BCUT2D eigenvalue weighted by Crippen LogP contribution is -2.48. The van der Waals surface area contributed by atoms with Gasteiger partial charge in [-0.1, -0.05) is 18.2 Å². The smallest absolute Gasteiger partial charge is 0.274 e. The van der Waals surface area contributed by atoms with Crippen LogP contribution in [0.15, 0.2) is 42.6 Å². The molecule has 2 aliphatic rings. The maximum atomic E-state index is 13.1. The summed E-state index contributed by atoms with van der Waals surface area (Å²) in [4.78, 5) is 24.4. The molecule has 7 heteroatoms. The second kappa shape index (κ2) is 7.39. The molecule has 1 aromatic carbocycles. The van der Waals surface area contributed by atoms with Gasteiger partial charge in [0.2, 0.25) is 0 Å². The van der Waals surface area contributed by atoms with Crippen LogP contribution in [0.4, 0.5) is 11.5 Å². The minimum atomic E-state index is 0.00596. The van der Waals surface area contributed by atoms with Gasteiger partial charge in [0, 0.05) is 51.0 Å². The highest BCUT2D eigenvalue weighted by molar-refractivity contribution is 5.94. The van der Waals surface area contributed by atoms with E-state index in [1.165, 1.54) is 18.5 Å². The minimum Gasteiger partial charge on any atom is -0.368 e. The number of aromatic nitrogens is 3.